The molecule has 0 unspecified atom stereocenters. The van der Waals surface area contributed by atoms with E-state index in [0.717, 1.165) is 0 Å². The Balaban J connectivity index is 4.87. The second kappa shape index (κ2) is 7.57. The number of carbonyl (C=O) groups is 3. The third kappa shape index (κ3) is 7.87. The van der Waals surface area contributed by atoms with E-state index in [1.54, 1.807) is 0 Å². The van der Waals surface area contributed by atoms with Gasteiger partial charge in [0.05, 0.1) is 0 Å². The highest BCUT2D eigenvalue weighted by atomic mass is 19.4. The average Bonchev–Trinajstić information content (AvgIpc) is 2.37. The number of hydrogen-bond donors (Lipinski definition) is 0. The summed E-state index contributed by atoms with van der Waals surface area (Å²) < 4.78 is 117. The Morgan fingerprint density at radius 1 is 0.625 bits per heavy atom. The summed E-state index contributed by atoms with van der Waals surface area (Å²) in [5, 5.41) is 0. The van der Waals surface area contributed by atoms with Crippen molar-refractivity contribution in [2.24, 2.45) is 0 Å². The van der Waals surface area contributed by atoms with E-state index < -0.39 is 55.8 Å². The van der Waals surface area contributed by atoms with Gasteiger partial charge >= 0.3 is 36.4 Å². The Morgan fingerprint density at radius 2 is 0.917 bits per heavy atom. The number of esters is 3. The van der Waals surface area contributed by atoms with E-state index in [-0.39, 0.29) is 0 Å². The number of rotatable bonds is 5. The molecule has 0 radical (unpaired) electrons. The Morgan fingerprint density at radius 3 is 1.17 bits per heavy atom. The molecule has 0 fully saturated rings. The van der Waals surface area contributed by atoms with Gasteiger partial charge in [0.2, 0.25) is 0 Å². The van der Waals surface area contributed by atoms with Gasteiger partial charge in [-0.15, -0.1) is 0 Å². The second-order valence-corrected chi connectivity index (χ2v) is 3.72. The molecule has 24 heavy (non-hydrogen) atoms. The van der Waals surface area contributed by atoms with E-state index in [4.69, 9.17) is 0 Å². The topological polar surface area (TPSA) is 78.9 Å². The molecule has 15 heteroatoms. The molecule has 0 amide bonds. The lowest BCUT2D eigenvalue weighted by Gasteiger charge is -2.19. The number of ether oxygens (including phenoxy) is 3. The second-order valence-electron chi connectivity index (χ2n) is 3.72. The molecule has 0 aromatic rings. The molecule has 140 valence electrons. The number of carbonyl (C=O) groups excluding carboxylic acids is 3. The van der Waals surface area contributed by atoms with Crippen LogP contribution in [0.4, 0.5) is 39.5 Å². The van der Waals surface area contributed by atoms with Gasteiger partial charge in [0.1, 0.15) is 13.2 Å². The van der Waals surface area contributed by atoms with Crippen molar-refractivity contribution in [3.63, 3.8) is 0 Å². The molecule has 0 rings (SSSR count). The average molecular weight is 380 g/mol. The Bertz CT molecular complexity index is 447. The lowest BCUT2D eigenvalue weighted by Crippen LogP contribution is -2.38. The van der Waals surface area contributed by atoms with E-state index in [1.807, 2.05) is 0 Å². The third-order valence-corrected chi connectivity index (χ3v) is 1.77. The van der Waals surface area contributed by atoms with Crippen LogP contribution in [0.15, 0.2) is 0 Å². The minimum absolute atomic E-state index is 1.74. The molecule has 0 aliphatic carbocycles. The van der Waals surface area contributed by atoms with Crippen molar-refractivity contribution < 1.29 is 68.1 Å². The first kappa shape index (κ1) is 21.8. The van der Waals surface area contributed by atoms with Crippen LogP contribution >= 0.6 is 0 Å². The molecule has 0 atom stereocenters. The van der Waals surface area contributed by atoms with Gasteiger partial charge in [-0.1, -0.05) is 0 Å². The SMILES string of the molecule is O=C(OCC(COC(=O)C(F)(F)F)OC(=O)C(F)(F)F)C(F)(F)F. The van der Waals surface area contributed by atoms with Crippen LogP contribution in [0, 0.1) is 0 Å². The van der Waals surface area contributed by atoms with Gasteiger partial charge in [0.25, 0.3) is 0 Å². The highest BCUT2D eigenvalue weighted by Crippen LogP contribution is 2.20. The third-order valence-electron chi connectivity index (χ3n) is 1.77. The molecule has 0 aliphatic rings. The lowest BCUT2D eigenvalue weighted by atomic mass is 10.4. The minimum atomic E-state index is -5.65. The van der Waals surface area contributed by atoms with Crippen LogP contribution in [0.25, 0.3) is 0 Å². The van der Waals surface area contributed by atoms with Gasteiger partial charge in [-0.05, 0) is 0 Å². The summed E-state index contributed by atoms with van der Waals surface area (Å²) in [4.78, 5) is 31.2. The monoisotopic (exact) mass is 380 g/mol. The number of alkyl halides is 9. The van der Waals surface area contributed by atoms with Crippen LogP contribution in [0.3, 0.4) is 0 Å². The predicted octanol–water partition coefficient (Wildman–Crippen LogP) is 1.67. The van der Waals surface area contributed by atoms with Crippen LogP contribution in [0.5, 0.6) is 0 Å². The van der Waals surface area contributed by atoms with Crippen LogP contribution in [-0.2, 0) is 28.6 Å². The first-order valence-electron chi connectivity index (χ1n) is 5.31. The molecule has 0 bridgehead atoms. The molecule has 0 heterocycles. The van der Waals surface area contributed by atoms with Gasteiger partial charge in [0, 0.05) is 0 Å². The van der Waals surface area contributed by atoms with Crippen molar-refractivity contribution in [3.05, 3.63) is 0 Å². The molecule has 0 spiro atoms. The first-order chi connectivity index (χ1) is 10.5. The van der Waals surface area contributed by atoms with Crippen molar-refractivity contribution in [3.8, 4) is 0 Å². The molecule has 0 aromatic carbocycles. The van der Waals surface area contributed by atoms with Crippen LogP contribution in [-0.4, -0.2) is 55.8 Å². The zero-order valence-electron chi connectivity index (χ0n) is 10.8. The van der Waals surface area contributed by atoms with E-state index in [0.29, 0.717) is 0 Å². The fourth-order valence-corrected chi connectivity index (χ4v) is 0.835. The largest absolute Gasteiger partial charge is 0.490 e. The van der Waals surface area contributed by atoms with Crippen molar-refractivity contribution in [1.29, 1.82) is 0 Å². The molecule has 0 saturated heterocycles. The Labute approximate surface area is 125 Å². The summed E-state index contributed by atoms with van der Waals surface area (Å²) in [6, 6.07) is 0. The molecule has 0 N–H and O–H groups in total. The van der Waals surface area contributed by atoms with E-state index in [1.165, 1.54) is 0 Å². The normalized spacial score (nSPS) is 12.8. The first-order valence-corrected chi connectivity index (χ1v) is 5.31. The van der Waals surface area contributed by atoms with Crippen molar-refractivity contribution in [2.45, 2.75) is 24.6 Å². The van der Waals surface area contributed by atoms with Gasteiger partial charge < -0.3 is 14.2 Å². The smallest absolute Gasteiger partial charge is 0.455 e. The quantitative estimate of drug-likeness (QED) is 0.410. The standard InChI is InChI=1S/C9H5F9O6/c10-7(11,12)4(19)22-1-3(24-6(21)9(16,17)18)2-23-5(20)8(13,14)15/h3H,1-2H2. The summed E-state index contributed by atoms with van der Waals surface area (Å²) in [6.07, 6.45) is -19.3. The fourth-order valence-electron chi connectivity index (χ4n) is 0.835. The Kier molecular flexibility index (Phi) is 6.87. The maximum atomic E-state index is 11.9. The zero-order chi connectivity index (χ0) is 19.3. The molecular weight excluding hydrogens is 375 g/mol. The van der Waals surface area contributed by atoms with Crippen molar-refractivity contribution >= 4 is 17.9 Å². The van der Waals surface area contributed by atoms with Gasteiger partial charge in [-0.3, -0.25) is 0 Å². The van der Waals surface area contributed by atoms with Crippen LogP contribution < -0.4 is 0 Å². The van der Waals surface area contributed by atoms with Crippen molar-refractivity contribution in [1.82, 2.24) is 0 Å². The van der Waals surface area contributed by atoms with Crippen LogP contribution in [0.2, 0.25) is 0 Å². The molecular formula is C9H5F9O6. The van der Waals surface area contributed by atoms with Gasteiger partial charge in [0.15, 0.2) is 6.10 Å². The highest BCUT2D eigenvalue weighted by molar-refractivity contribution is 5.77. The molecule has 6 nitrogen and oxygen atoms in total. The highest BCUT2D eigenvalue weighted by Gasteiger charge is 2.45. The Hall–Kier alpha value is -2.22. The summed E-state index contributed by atoms with van der Waals surface area (Å²) >= 11 is 0. The van der Waals surface area contributed by atoms with E-state index in [2.05, 4.69) is 14.2 Å². The lowest BCUT2D eigenvalue weighted by molar-refractivity contribution is -0.220. The predicted molar refractivity (Wildman–Crippen MR) is 50.0 cm³/mol. The summed E-state index contributed by atoms with van der Waals surface area (Å²) in [5.74, 6) is -8.85. The number of hydrogen-bond acceptors (Lipinski definition) is 6. The molecule has 0 saturated carbocycles. The number of halogens is 9. The summed E-state index contributed by atoms with van der Waals surface area (Å²) in [7, 11) is 0. The van der Waals surface area contributed by atoms with Crippen molar-refractivity contribution in [2.75, 3.05) is 13.2 Å². The molecule has 0 aromatic heterocycles. The fraction of sp³-hybridized carbons (Fsp3) is 0.667. The van der Waals surface area contributed by atoms with E-state index >= 15 is 0 Å². The molecule has 0 aliphatic heterocycles. The van der Waals surface area contributed by atoms with Gasteiger partial charge in [-0.2, -0.15) is 39.5 Å². The maximum Gasteiger partial charge on any atom is 0.490 e. The minimum Gasteiger partial charge on any atom is -0.455 e. The maximum absolute atomic E-state index is 11.9. The van der Waals surface area contributed by atoms with E-state index in [9.17, 15) is 53.9 Å². The van der Waals surface area contributed by atoms with Crippen LogP contribution in [0.1, 0.15) is 0 Å². The summed E-state index contributed by atoms with van der Waals surface area (Å²) in [5.41, 5.74) is 0. The zero-order valence-corrected chi connectivity index (χ0v) is 10.8. The van der Waals surface area contributed by atoms with Gasteiger partial charge in [-0.25, -0.2) is 14.4 Å². The summed E-state index contributed by atoms with van der Waals surface area (Å²) in [6.45, 7) is -3.49.